The van der Waals surface area contributed by atoms with Gasteiger partial charge in [-0.15, -0.1) is 0 Å². The second-order valence-corrected chi connectivity index (χ2v) is 8.49. The van der Waals surface area contributed by atoms with Crippen LogP contribution in [-0.2, 0) is 9.59 Å². The number of nitrogens with zero attached hydrogens (tertiary/aromatic N) is 1. The van der Waals surface area contributed by atoms with Crippen LogP contribution in [0.25, 0.3) is 0 Å². The molecule has 172 valence electrons. The fraction of sp³-hybridized carbons (Fsp3) is 0.154. The fourth-order valence-corrected chi connectivity index (χ4v) is 4.02. The van der Waals surface area contributed by atoms with E-state index in [9.17, 15) is 19.2 Å². The highest BCUT2D eigenvalue weighted by Gasteiger charge is 2.37. The average molecular weight is 476 g/mol. The number of carbonyl (C=O) groups is 4. The summed E-state index contributed by atoms with van der Waals surface area (Å²) in [6, 6.07) is 17.5. The maximum Gasteiger partial charge on any atom is 0.262 e. The maximum atomic E-state index is 13.3. The number of hydrogen-bond acceptors (Lipinski definition) is 4. The average Bonchev–Trinajstić information content (AvgIpc) is 3.05. The van der Waals surface area contributed by atoms with Gasteiger partial charge in [0.1, 0.15) is 12.6 Å². The Labute approximate surface area is 201 Å². The van der Waals surface area contributed by atoms with Crippen molar-refractivity contribution in [3.05, 3.63) is 99.6 Å². The highest BCUT2D eigenvalue weighted by molar-refractivity contribution is 6.30. The monoisotopic (exact) mass is 475 g/mol. The van der Waals surface area contributed by atoms with Gasteiger partial charge in [-0.2, -0.15) is 0 Å². The number of fused-ring (bicyclic) bond motifs is 1. The summed E-state index contributed by atoms with van der Waals surface area (Å²) in [6.45, 7) is 3.24. The summed E-state index contributed by atoms with van der Waals surface area (Å²) < 4.78 is 0. The number of imide groups is 1. The molecule has 0 fully saturated rings. The van der Waals surface area contributed by atoms with Gasteiger partial charge in [0.25, 0.3) is 17.7 Å². The summed E-state index contributed by atoms with van der Waals surface area (Å²) in [5.41, 5.74) is 3.41. The molecule has 7 nitrogen and oxygen atoms in total. The van der Waals surface area contributed by atoms with Crippen molar-refractivity contribution in [1.29, 1.82) is 0 Å². The van der Waals surface area contributed by atoms with Crippen molar-refractivity contribution in [2.75, 3.05) is 11.9 Å². The highest BCUT2D eigenvalue weighted by atomic mass is 35.5. The maximum absolute atomic E-state index is 13.3. The number of halogens is 1. The number of benzene rings is 3. The SMILES string of the molecule is Cc1cccc(C)c1NC(=O)[C@H](NC(=O)CN1C(=O)c2ccccc2C1=O)c1ccc(Cl)cc1. The third-order valence-corrected chi connectivity index (χ3v) is 5.93. The quantitative estimate of drug-likeness (QED) is 0.526. The summed E-state index contributed by atoms with van der Waals surface area (Å²) in [6.07, 6.45) is 0. The standard InChI is InChI=1S/C26H22ClN3O4/c1-15-6-5-7-16(2)22(15)29-24(32)23(17-10-12-18(27)13-11-17)28-21(31)14-30-25(33)19-8-3-4-9-20(19)26(30)34/h3-13,23H,14H2,1-2H3,(H,28,31)(H,29,32)/t23-/m1/s1. The normalized spacial score (nSPS) is 13.4. The molecule has 2 N–H and O–H groups in total. The molecule has 0 spiro atoms. The molecule has 0 aromatic heterocycles. The van der Waals surface area contributed by atoms with Crippen LogP contribution in [0.15, 0.2) is 66.7 Å². The summed E-state index contributed by atoms with van der Waals surface area (Å²) >= 11 is 5.99. The van der Waals surface area contributed by atoms with E-state index in [1.165, 1.54) is 0 Å². The van der Waals surface area contributed by atoms with E-state index in [4.69, 9.17) is 11.6 Å². The molecular formula is C26H22ClN3O4. The Balaban J connectivity index is 1.56. The summed E-state index contributed by atoms with van der Waals surface area (Å²) in [5.74, 6) is -2.20. The summed E-state index contributed by atoms with van der Waals surface area (Å²) in [7, 11) is 0. The van der Waals surface area contributed by atoms with Crippen LogP contribution in [0.1, 0.15) is 43.4 Å². The number of aryl methyl sites for hydroxylation is 2. The van der Waals surface area contributed by atoms with Crippen LogP contribution < -0.4 is 10.6 Å². The molecule has 1 aliphatic rings. The van der Waals surface area contributed by atoms with Gasteiger partial charge < -0.3 is 10.6 Å². The molecular weight excluding hydrogens is 454 g/mol. The molecule has 0 unspecified atom stereocenters. The number of amides is 4. The summed E-state index contributed by atoms with van der Waals surface area (Å²) in [5, 5.41) is 6.04. The molecule has 4 rings (SSSR count). The number of para-hydroxylation sites is 1. The number of nitrogens with one attached hydrogen (secondary N) is 2. The van der Waals surface area contributed by atoms with Crippen molar-refractivity contribution in [1.82, 2.24) is 10.2 Å². The molecule has 1 atom stereocenters. The molecule has 4 amide bonds. The predicted molar refractivity (Wildman–Crippen MR) is 129 cm³/mol. The lowest BCUT2D eigenvalue weighted by atomic mass is 10.0. The van der Waals surface area contributed by atoms with Gasteiger partial charge in [0.2, 0.25) is 5.91 Å². The Morgan fingerprint density at radius 2 is 1.41 bits per heavy atom. The van der Waals surface area contributed by atoms with Crippen LogP contribution in [0.3, 0.4) is 0 Å². The Bertz CT molecular complexity index is 1250. The first-order chi connectivity index (χ1) is 16.3. The van der Waals surface area contributed by atoms with Crippen LogP contribution in [0.2, 0.25) is 5.02 Å². The minimum atomic E-state index is -1.07. The van der Waals surface area contributed by atoms with Gasteiger partial charge >= 0.3 is 0 Å². The van der Waals surface area contributed by atoms with Crippen molar-refractivity contribution >= 4 is 40.9 Å². The Morgan fingerprint density at radius 3 is 1.97 bits per heavy atom. The minimum absolute atomic E-state index is 0.252. The zero-order valence-electron chi connectivity index (χ0n) is 18.6. The molecule has 34 heavy (non-hydrogen) atoms. The van der Waals surface area contributed by atoms with Gasteiger partial charge in [-0.1, -0.05) is 54.1 Å². The lowest BCUT2D eigenvalue weighted by Crippen LogP contribution is -2.44. The Kier molecular flexibility index (Phi) is 6.47. The van der Waals surface area contributed by atoms with Crippen molar-refractivity contribution in [2.45, 2.75) is 19.9 Å². The molecule has 0 bridgehead atoms. The van der Waals surface area contributed by atoms with Gasteiger partial charge in [-0.25, -0.2) is 0 Å². The van der Waals surface area contributed by atoms with Gasteiger partial charge in [0.05, 0.1) is 11.1 Å². The second-order valence-electron chi connectivity index (χ2n) is 8.05. The number of rotatable bonds is 6. The van der Waals surface area contributed by atoms with E-state index in [0.29, 0.717) is 16.3 Å². The number of anilines is 1. The molecule has 0 saturated carbocycles. The highest BCUT2D eigenvalue weighted by Crippen LogP contribution is 2.25. The Morgan fingerprint density at radius 1 is 0.853 bits per heavy atom. The van der Waals surface area contributed by atoms with E-state index < -0.39 is 36.2 Å². The number of carbonyl (C=O) groups excluding carboxylic acids is 4. The molecule has 3 aromatic rings. The summed E-state index contributed by atoms with van der Waals surface area (Å²) in [4.78, 5) is 52.3. The van der Waals surface area contributed by atoms with Crippen LogP contribution in [-0.4, -0.2) is 35.1 Å². The van der Waals surface area contributed by atoms with Crippen molar-refractivity contribution in [2.24, 2.45) is 0 Å². The van der Waals surface area contributed by atoms with Gasteiger partial charge in [0.15, 0.2) is 0 Å². The van der Waals surface area contributed by atoms with E-state index >= 15 is 0 Å². The predicted octanol–water partition coefficient (Wildman–Crippen LogP) is 4.05. The lowest BCUT2D eigenvalue weighted by molar-refractivity contribution is -0.126. The molecule has 0 radical (unpaired) electrons. The van der Waals surface area contributed by atoms with E-state index in [0.717, 1.165) is 16.0 Å². The van der Waals surface area contributed by atoms with E-state index in [1.54, 1.807) is 48.5 Å². The van der Waals surface area contributed by atoms with Crippen LogP contribution in [0.4, 0.5) is 5.69 Å². The first-order valence-corrected chi connectivity index (χ1v) is 11.0. The first kappa shape index (κ1) is 23.2. The third-order valence-electron chi connectivity index (χ3n) is 5.68. The molecule has 8 heteroatoms. The molecule has 0 aliphatic carbocycles. The van der Waals surface area contributed by atoms with Gasteiger partial charge in [-0.3, -0.25) is 24.1 Å². The third kappa shape index (κ3) is 4.56. The van der Waals surface area contributed by atoms with E-state index in [1.807, 2.05) is 32.0 Å². The smallest absolute Gasteiger partial charge is 0.262 e. The van der Waals surface area contributed by atoms with Gasteiger partial charge in [-0.05, 0) is 54.8 Å². The van der Waals surface area contributed by atoms with Crippen molar-refractivity contribution < 1.29 is 19.2 Å². The van der Waals surface area contributed by atoms with Crippen molar-refractivity contribution in [3.8, 4) is 0 Å². The van der Waals surface area contributed by atoms with Gasteiger partial charge in [0, 0.05) is 10.7 Å². The van der Waals surface area contributed by atoms with Crippen LogP contribution in [0, 0.1) is 13.8 Å². The van der Waals surface area contributed by atoms with Crippen LogP contribution >= 0.6 is 11.6 Å². The largest absolute Gasteiger partial charge is 0.339 e. The lowest BCUT2D eigenvalue weighted by Gasteiger charge is -2.22. The van der Waals surface area contributed by atoms with E-state index in [2.05, 4.69) is 10.6 Å². The molecule has 1 aliphatic heterocycles. The zero-order chi connectivity index (χ0) is 24.4. The zero-order valence-corrected chi connectivity index (χ0v) is 19.3. The molecule has 1 heterocycles. The topological polar surface area (TPSA) is 95.6 Å². The Hall–Kier alpha value is -3.97. The fourth-order valence-electron chi connectivity index (χ4n) is 3.90. The first-order valence-electron chi connectivity index (χ1n) is 10.6. The second kappa shape index (κ2) is 9.49. The minimum Gasteiger partial charge on any atom is -0.339 e. The van der Waals surface area contributed by atoms with Crippen molar-refractivity contribution in [3.63, 3.8) is 0 Å². The molecule has 0 saturated heterocycles. The number of hydrogen-bond donors (Lipinski definition) is 2. The van der Waals surface area contributed by atoms with E-state index in [-0.39, 0.29) is 11.1 Å². The van der Waals surface area contributed by atoms with Crippen LogP contribution in [0.5, 0.6) is 0 Å². The molecule has 3 aromatic carbocycles.